The molecule has 3 nitrogen and oxygen atoms in total. The maximum Gasteiger partial charge on any atom is 0.337 e. The lowest BCUT2D eigenvalue weighted by molar-refractivity contribution is -0.139. The van der Waals surface area contributed by atoms with Crippen LogP contribution >= 0.6 is 0 Å². The minimum atomic E-state index is -0.313. The third-order valence-electron chi connectivity index (χ3n) is 4.45. The second-order valence-electron chi connectivity index (χ2n) is 6.18. The normalized spacial score (nSPS) is 16.9. The van der Waals surface area contributed by atoms with Crippen molar-refractivity contribution < 1.29 is 14.3 Å². The van der Waals surface area contributed by atoms with Crippen LogP contribution in [0.25, 0.3) is 0 Å². The molecular formula is C22H24O3. The van der Waals surface area contributed by atoms with Crippen molar-refractivity contribution in [2.75, 3.05) is 13.2 Å². The highest BCUT2D eigenvalue weighted by Gasteiger charge is 2.33. The Morgan fingerprint density at radius 1 is 1.04 bits per heavy atom. The molecule has 1 aliphatic heterocycles. The molecule has 2 aromatic rings. The van der Waals surface area contributed by atoms with Crippen molar-refractivity contribution in [1.82, 2.24) is 0 Å². The molecule has 1 unspecified atom stereocenters. The molecular weight excluding hydrogens is 312 g/mol. The summed E-state index contributed by atoms with van der Waals surface area (Å²) in [6, 6.07) is 20.3. The molecule has 0 saturated heterocycles. The van der Waals surface area contributed by atoms with Gasteiger partial charge in [0, 0.05) is 0 Å². The summed E-state index contributed by atoms with van der Waals surface area (Å²) in [6.07, 6.45) is 2.53. The second kappa shape index (κ2) is 8.63. The van der Waals surface area contributed by atoms with Crippen molar-refractivity contribution in [3.8, 4) is 0 Å². The fraction of sp³-hybridized carbons (Fsp3) is 0.318. The zero-order valence-corrected chi connectivity index (χ0v) is 14.6. The Hall–Kier alpha value is -2.39. The van der Waals surface area contributed by atoms with Crippen LogP contribution in [0.15, 0.2) is 71.8 Å². The average molecular weight is 336 g/mol. The van der Waals surface area contributed by atoms with Gasteiger partial charge in [-0.05, 0) is 42.9 Å². The summed E-state index contributed by atoms with van der Waals surface area (Å²) in [7, 11) is 0. The molecule has 3 heteroatoms. The fourth-order valence-corrected chi connectivity index (χ4v) is 3.24. The summed E-state index contributed by atoms with van der Waals surface area (Å²) in [5.74, 6) is -0.247. The van der Waals surface area contributed by atoms with E-state index in [0.717, 1.165) is 30.4 Å². The Balaban J connectivity index is 1.75. The summed E-state index contributed by atoms with van der Waals surface area (Å²) in [6.45, 7) is 2.71. The van der Waals surface area contributed by atoms with Crippen LogP contribution in [0, 0.1) is 0 Å². The summed E-state index contributed by atoms with van der Waals surface area (Å²) in [5.41, 5.74) is 4.09. The number of benzene rings is 2. The molecule has 0 radical (unpaired) electrons. The maximum atomic E-state index is 12.5. The quantitative estimate of drug-likeness (QED) is 0.691. The number of ether oxygens (including phenoxy) is 2. The molecule has 0 saturated carbocycles. The number of hydrogen-bond acceptors (Lipinski definition) is 3. The Kier molecular flexibility index (Phi) is 6.02. The van der Waals surface area contributed by atoms with E-state index in [1.165, 1.54) is 5.56 Å². The van der Waals surface area contributed by atoms with Crippen molar-refractivity contribution in [3.63, 3.8) is 0 Å². The first-order chi connectivity index (χ1) is 12.3. The Labute approximate surface area is 149 Å². The van der Waals surface area contributed by atoms with E-state index in [4.69, 9.17) is 9.47 Å². The van der Waals surface area contributed by atoms with Gasteiger partial charge in [-0.25, -0.2) is 4.79 Å². The van der Waals surface area contributed by atoms with E-state index >= 15 is 0 Å². The molecule has 0 N–H and O–H groups in total. The van der Waals surface area contributed by atoms with Crippen LogP contribution in [0.2, 0.25) is 0 Å². The molecule has 0 bridgehead atoms. The topological polar surface area (TPSA) is 35.5 Å². The fourth-order valence-electron chi connectivity index (χ4n) is 3.24. The molecule has 0 spiro atoms. The molecule has 0 amide bonds. The van der Waals surface area contributed by atoms with Gasteiger partial charge in [-0.1, -0.05) is 60.7 Å². The van der Waals surface area contributed by atoms with Gasteiger partial charge in [-0.3, -0.25) is 0 Å². The number of esters is 1. The first kappa shape index (κ1) is 17.4. The number of carbonyl (C=O) groups excluding carboxylic acids is 1. The zero-order chi connectivity index (χ0) is 17.5. The highest BCUT2D eigenvalue weighted by atomic mass is 16.5. The van der Waals surface area contributed by atoms with Crippen molar-refractivity contribution >= 4 is 5.97 Å². The second-order valence-corrected chi connectivity index (χ2v) is 6.18. The van der Waals surface area contributed by atoms with Crippen LogP contribution in [0.3, 0.4) is 0 Å². The van der Waals surface area contributed by atoms with Gasteiger partial charge in [-0.2, -0.15) is 0 Å². The van der Waals surface area contributed by atoms with Crippen LogP contribution in [-0.2, 0) is 20.7 Å². The first-order valence-corrected chi connectivity index (χ1v) is 8.89. The Bertz CT molecular complexity index is 719. The van der Waals surface area contributed by atoms with Gasteiger partial charge in [0.25, 0.3) is 0 Å². The molecule has 25 heavy (non-hydrogen) atoms. The number of rotatable bonds is 7. The van der Waals surface area contributed by atoms with Crippen molar-refractivity contribution in [3.05, 3.63) is 82.9 Å². The molecule has 1 heterocycles. The molecule has 0 aliphatic carbocycles. The number of carbonyl (C=O) groups is 1. The Morgan fingerprint density at radius 2 is 1.72 bits per heavy atom. The largest absolute Gasteiger partial charge is 0.463 e. The molecule has 0 aromatic heterocycles. The van der Waals surface area contributed by atoms with Crippen molar-refractivity contribution in [1.29, 1.82) is 0 Å². The van der Waals surface area contributed by atoms with Crippen LogP contribution in [0.4, 0.5) is 0 Å². The molecule has 2 aromatic carbocycles. The third-order valence-corrected chi connectivity index (χ3v) is 4.45. The number of hydrogen-bond donors (Lipinski definition) is 0. The third kappa shape index (κ3) is 4.37. The van der Waals surface area contributed by atoms with Crippen molar-refractivity contribution in [2.24, 2.45) is 0 Å². The molecule has 1 aliphatic rings. The summed E-state index contributed by atoms with van der Waals surface area (Å²) in [4.78, 5) is 12.5. The highest BCUT2D eigenvalue weighted by molar-refractivity contribution is 5.91. The zero-order valence-electron chi connectivity index (χ0n) is 14.6. The molecule has 0 fully saturated rings. The Morgan fingerprint density at radius 3 is 2.40 bits per heavy atom. The van der Waals surface area contributed by atoms with E-state index in [9.17, 15) is 4.79 Å². The highest BCUT2D eigenvalue weighted by Crippen LogP contribution is 2.36. The maximum absolute atomic E-state index is 12.5. The summed E-state index contributed by atoms with van der Waals surface area (Å²) < 4.78 is 11.3. The lowest BCUT2D eigenvalue weighted by Crippen LogP contribution is -2.14. The predicted octanol–water partition coefficient (Wildman–Crippen LogP) is 4.64. The van der Waals surface area contributed by atoms with Gasteiger partial charge >= 0.3 is 5.97 Å². The lowest BCUT2D eigenvalue weighted by Gasteiger charge is -2.14. The van der Waals surface area contributed by atoms with Crippen LogP contribution < -0.4 is 0 Å². The minimum absolute atomic E-state index is 0.247. The van der Waals surface area contributed by atoms with Gasteiger partial charge < -0.3 is 9.47 Å². The van der Waals surface area contributed by atoms with Gasteiger partial charge in [0.15, 0.2) is 0 Å². The monoisotopic (exact) mass is 336 g/mol. The van der Waals surface area contributed by atoms with Crippen LogP contribution in [0.5, 0.6) is 0 Å². The summed E-state index contributed by atoms with van der Waals surface area (Å²) in [5, 5.41) is 0. The van der Waals surface area contributed by atoms with Crippen molar-refractivity contribution in [2.45, 2.75) is 32.3 Å². The minimum Gasteiger partial charge on any atom is -0.463 e. The predicted molar refractivity (Wildman–Crippen MR) is 98.2 cm³/mol. The van der Waals surface area contributed by atoms with E-state index in [-0.39, 0.29) is 12.1 Å². The van der Waals surface area contributed by atoms with Crippen LogP contribution in [0.1, 0.15) is 37.0 Å². The van der Waals surface area contributed by atoms with Crippen LogP contribution in [-0.4, -0.2) is 19.2 Å². The lowest BCUT2D eigenvalue weighted by atomic mass is 9.96. The molecule has 130 valence electrons. The first-order valence-electron chi connectivity index (χ1n) is 8.89. The van der Waals surface area contributed by atoms with E-state index in [1.807, 2.05) is 43.3 Å². The van der Waals surface area contributed by atoms with Gasteiger partial charge in [0.05, 0.1) is 18.8 Å². The van der Waals surface area contributed by atoms with Gasteiger partial charge in [0.2, 0.25) is 0 Å². The van der Waals surface area contributed by atoms with E-state index < -0.39 is 0 Å². The standard InChI is InChI=1S/C22H24O3/c1-2-24-22(23)20-19(15-9-12-17-10-5-3-6-11-17)16-25-21(20)18-13-7-4-8-14-18/h3-8,10-11,13-14,21H,2,9,12,15-16H2,1H3. The smallest absolute Gasteiger partial charge is 0.337 e. The number of aryl methyl sites for hydroxylation is 1. The molecule has 1 atom stereocenters. The SMILES string of the molecule is CCOC(=O)C1=C(CCCc2ccccc2)COC1c1ccccc1. The van der Waals surface area contributed by atoms with E-state index in [1.54, 1.807) is 0 Å². The van der Waals surface area contributed by atoms with E-state index in [2.05, 4.69) is 24.3 Å². The summed E-state index contributed by atoms with van der Waals surface area (Å²) >= 11 is 0. The average Bonchev–Trinajstić information content (AvgIpc) is 3.07. The van der Waals surface area contributed by atoms with E-state index in [0.29, 0.717) is 18.8 Å². The van der Waals surface area contributed by atoms with Gasteiger partial charge in [0.1, 0.15) is 6.10 Å². The molecule has 3 rings (SSSR count). The van der Waals surface area contributed by atoms with Gasteiger partial charge in [-0.15, -0.1) is 0 Å².